The van der Waals surface area contributed by atoms with Gasteiger partial charge in [0.05, 0.1) is 31.7 Å². The van der Waals surface area contributed by atoms with Crippen LogP contribution in [0.3, 0.4) is 0 Å². The summed E-state index contributed by atoms with van der Waals surface area (Å²) >= 11 is 0. The first kappa shape index (κ1) is 26.8. The Kier molecular flexibility index (Phi) is 13.9. The molecule has 4 atom stereocenters. The van der Waals surface area contributed by atoms with E-state index in [0.29, 0.717) is 32.5 Å². The molecule has 1 aliphatic rings. The Morgan fingerprint density at radius 1 is 1.00 bits per heavy atom. The summed E-state index contributed by atoms with van der Waals surface area (Å²) in [5.41, 5.74) is 0. The lowest BCUT2D eigenvalue weighted by Crippen LogP contribution is -2.42. The largest absolute Gasteiger partial charge is 0.463 e. The highest BCUT2D eigenvalue weighted by molar-refractivity contribution is 7.16. The number of ether oxygens (including phenoxy) is 4. The Morgan fingerprint density at radius 3 is 2.23 bits per heavy atom. The summed E-state index contributed by atoms with van der Waals surface area (Å²) < 4.78 is 20.7. The highest BCUT2D eigenvalue weighted by Crippen LogP contribution is 2.26. The van der Waals surface area contributed by atoms with Crippen molar-refractivity contribution in [2.24, 2.45) is 17.8 Å². The van der Waals surface area contributed by atoms with E-state index in [4.69, 9.17) is 18.9 Å². The summed E-state index contributed by atoms with van der Waals surface area (Å²) in [7, 11) is 3.93. The molecular formula is C21H38NO7P. The lowest BCUT2D eigenvalue weighted by molar-refractivity contribution is -0.153. The van der Waals surface area contributed by atoms with E-state index in [9.17, 15) is 14.4 Å². The zero-order valence-corrected chi connectivity index (χ0v) is 19.7. The number of methoxy groups -OCH3 is 1. The Balaban J connectivity index is 2.64. The standard InChI is InChI=1S/C21H38NO7P/c1-4-16(20(24)29-14-30)13-17(21(25)28-11-10-27-9-8-26-3)12-15(2)19(23)22-18-6-5-7-18/h15-18H,4-14,30H2,1-3H3,(H,22,23). The van der Waals surface area contributed by atoms with Gasteiger partial charge in [-0.05, 0) is 38.5 Å². The minimum absolute atomic E-state index is 0.0546. The second-order valence-electron chi connectivity index (χ2n) is 7.71. The van der Waals surface area contributed by atoms with E-state index >= 15 is 0 Å². The zero-order valence-electron chi connectivity index (χ0n) is 18.5. The van der Waals surface area contributed by atoms with Crippen molar-refractivity contribution in [1.29, 1.82) is 0 Å². The molecule has 1 rings (SSSR count). The molecular weight excluding hydrogens is 409 g/mol. The molecule has 0 aromatic rings. The third-order valence-corrected chi connectivity index (χ3v) is 5.56. The number of rotatable bonds is 16. The van der Waals surface area contributed by atoms with E-state index < -0.39 is 17.8 Å². The van der Waals surface area contributed by atoms with Gasteiger partial charge in [-0.1, -0.05) is 23.1 Å². The molecule has 1 aliphatic carbocycles. The quantitative estimate of drug-likeness (QED) is 0.220. The van der Waals surface area contributed by atoms with Gasteiger partial charge in [0.2, 0.25) is 5.91 Å². The number of hydrogen-bond acceptors (Lipinski definition) is 7. The number of carbonyl (C=O) groups is 3. The Hall–Kier alpha value is -1.24. The molecule has 1 fully saturated rings. The summed E-state index contributed by atoms with van der Waals surface area (Å²) in [6.45, 7) is 4.98. The van der Waals surface area contributed by atoms with E-state index in [1.165, 1.54) is 0 Å². The Morgan fingerprint density at radius 2 is 1.67 bits per heavy atom. The van der Waals surface area contributed by atoms with Crippen LogP contribution in [0, 0.1) is 17.8 Å². The Bertz CT molecular complexity index is 527. The Labute approximate surface area is 182 Å². The molecule has 1 amide bonds. The van der Waals surface area contributed by atoms with Gasteiger partial charge in [-0.25, -0.2) is 0 Å². The van der Waals surface area contributed by atoms with Gasteiger partial charge in [-0.2, -0.15) is 0 Å². The van der Waals surface area contributed by atoms with Gasteiger partial charge in [0.15, 0.2) is 0 Å². The van der Waals surface area contributed by atoms with Crippen LogP contribution in [0.25, 0.3) is 0 Å². The maximum Gasteiger partial charge on any atom is 0.309 e. The van der Waals surface area contributed by atoms with E-state index in [0.717, 1.165) is 19.3 Å². The molecule has 0 bridgehead atoms. The second-order valence-corrected chi connectivity index (χ2v) is 8.05. The van der Waals surface area contributed by atoms with Crippen LogP contribution in [0.1, 0.15) is 52.4 Å². The number of hydrogen-bond donors (Lipinski definition) is 1. The smallest absolute Gasteiger partial charge is 0.309 e. The molecule has 1 saturated carbocycles. The third kappa shape index (κ3) is 10.2. The summed E-state index contributed by atoms with van der Waals surface area (Å²) in [5.74, 6) is -2.13. The summed E-state index contributed by atoms with van der Waals surface area (Å²) in [4.78, 5) is 37.4. The third-order valence-electron chi connectivity index (χ3n) is 5.40. The number of esters is 2. The van der Waals surface area contributed by atoms with Crippen LogP contribution in [-0.2, 0) is 33.3 Å². The van der Waals surface area contributed by atoms with Gasteiger partial charge < -0.3 is 24.3 Å². The molecule has 0 radical (unpaired) electrons. The number of nitrogens with one attached hydrogen (secondary N) is 1. The van der Waals surface area contributed by atoms with Crippen LogP contribution in [0.5, 0.6) is 0 Å². The van der Waals surface area contributed by atoms with Crippen molar-refractivity contribution in [2.75, 3.05) is 39.9 Å². The van der Waals surface area contributed by atoms with Crippen LogP contribution in [-0.4, -0.2) is 63.8 Å². The van der Waals surface area contributed by atoms with Crippen LogP contribution in [0.2, 0.25) is 0 Å². The minimum atomic E-state index is -0.562. The van der Waals surface area contributed by atoms with Crippen molar-refractivity contribution >= 4 is 27.1 Å². The number of amides is 1. The van der Waals surface area contributed by atoms with E-state index in [1.54, 1.807) is 7.11 Å². The maximum absolute atomic E-state index is 12.7. The fourth-order valence-electron chi connectivity index (χ4n) is 3.25. The first-order valence-corrected chi connectivity index (χ1v) is 11.6. The van der Waals surface area contributed by atoms with E-state index in [2.05, 4.69) is 14.6 Å². The lowest BCUT2D eigenvalue weighted by atomic mass is 9.85. The van der Waals surface area contributed by atoms with E-state index in [1.807, 2.05) is 13.8 Å². The lowest BCUT2D eigenvalue weighted by Gasteiger charge is -2.29. The van der Waals surface area contributed by atoms with Gasteiger partial charge in [0, 0.05) is 19.1 Å². The normalized spacial score (nSPS) is 16.8. The number of carbonyl (C=O) groups excluding carboxylic acids is 3. The van der Waals surface area contributed by atoms with E-state index in [-0.39, 0.29) is 43.4 Å². The molecule has 0 saturated heterocycles. The molecule has 0 spiro atoms. The van der Waals surface area contributed by atoms with Crippen LogP contribution < -0.4 is 5.32 Å². The van der Waals surface area contributed by atoms with Crippen molar-refractivity contribution in [3.05, 3.63) is 0 Å². The van der Waals surface area contributed by atoms with Crippen molar-refractivity contribution < 1.29 is 33.3 Å². The zero-order chi connectivity index (χ0) is 22.4. The monoisotopic (exact) mass is 447 g/mol. The fourth-order valence-corrected chi connectivity index (χ4v) is 3.42. The van der Waals surface area contributed by atoms with Gasteiger partial charge >= 0.3 is 11.9 Å². The SMILES string of the molecule is CCC(CC(CC(C)C(=O)NC1CCC1)C(=O)OCCOCCOC)C(=O)OCP. The van der Waals surface area contributed by atoms with Crippen molar-refractivity contribution in [1.82, 2.24) is 5.32 Å². The fraction of sp³-hybridized carbons (Fsp3) is 0.857. The predicted octanol–water partition coefficient (Wildman–Crippen LogP) is 2.30. The molecule has 9 heteroatoms. The molecule has 4 unspecified atom stereocenters. The predicted molar refractivity (Wildman–Crippen MR) is 116 cm³/mol. The average Bonchev–Trinajstić information content (AvgIpc) is 2.69. The summed E-state index contributed by atoms with van der Waals surface area (Å²) in [6.07, 6.45) is 4.53. The molecule has 30 heavy (non-hydrogen) atoms. The molecule has 0 aromatic carbocycles. The first-order valence-electron chi connectivity index (χ1n) is 10.8. The van der Waals surface area contributed by atoms with Crippen molar-refractivity contribution in [3.63, 3.8) is 0 Å². The highest BCUT2D eigenvalue weighted by atomic mass is 31.0. The summed E-state index contributed by atoms with van der Waals surface area (Å²) in [5, 5.41) is 3.03. The molecule has 0 aliphatic heterocycles. The average molecular weight is 448 g/mol. The molecule has 8 nitrogen and oxygen atoms in total. The van der Waals surface area contributed by atoms with Gasteiger partial charge in [-0.15, -0.1) is 0 Å². The van der Waals surface area contributed by atoms with Gasteiger partial charge in [0.1, 0.15) is 13.0 Å². The summed E-state index contributed by atoms with van der Waals surface area (Å²) in [6, 6.07) is 0.245. The van der Waals surface area contributed by atoms with Gasteiger partial charge in [0.25, 0.3) is 0 Å². The minimum Gasteiger partial charge on any atom is -0.463 e. The van der Waals surface area contributed by atoms with Crippen molar-refractivity contribution in [3.8, 4) is 0 Å². The molecule has 0 heterocycles. The maximum atomic E-state index is 12.7. The first-order chi connectivity index (χ1) is 14.4. The molecule has 174 valence electrons. The second kappa shape index (κ2) is 15.5. The molecule has 0 aromatic heterocycles. The topological polar surface area (TPSA) is 100 Å². The van der Waals surface area contributed by atoms with Gasteiger partial charge in [-0.3, -0.25) is 14.4 Å². The van der Waals surface area contributed by atoms with Crippen LogP contribution >= 0.6 is 9.24 Å². The molecule has 1 N–H and O–H groups in total. The van der Waals surface area contributed by atoms with Crippen molar-refractivity contribution in [2.45, 2.75) is 58.4 Å². The highest BCUT2D eigenvalue weighted by Gasteiger charge is 2.32. The van der Waals surface area contributed by atoms with Crippen LogP contribution in [0.15, 0.2) is 0 Å². The van der Waals surface area contributed by atoms with Crippen LogP contribution in [0.4, 0.5) is 0 Å².